The average molecular weight is 263 g/mol. The summed E-state index contributed by atoms with van der Waals surface area (Å²) in [5.74, 6) is 4.28. The van der Waals surface area contributed by atoms with Gasteiger partial charge in [-0.25, -0.2) is 10.6 Å². The molecule has 1 aliphatic heterocycles. The zero-order chi connectivity index (χ0) is 14.0. The van der Waals surface area contributed by atoms with E-state index in [4.69, 9.17) is 5.84 Å². The Morgan fingerprint density at radius 1 is 1.47 bits per heavy atom. The van der Waals surface area contributed by atoms with Crippen LogP contribution in [0.5, 0.6) is 0 Å². The molecule has 0 atom stereocenters. The predicted molar refractivity (Wildman–Crippen MR) is 64.5 cm³/mol. The second-order valence-corrected chi connectivity index (χ2v) is 4.13. The smallest absolute Gasteiger partial charge is 0.318 e. The van der Waals surface area contributed by atoms with E-state index in [0.717, 1.165) is 4.90 Å². The predicted octanol–water partition coefficient (Wildman–Crippen LogP) is -0.921. The molecule has 1 aromatic rings. The lowest BCUT2D eigenvalue weighted by Crippen LogP contribution is -2.32. The van der Waals surface area contributed by atoms with Crippen LogP contribution in [-0.2, 0) is 11.3 Å². The molecule has 1 aliphatic rings. The van der Waals surface area contributed by atoms with Gasteiger partial charge in [-0.3, -0.25) is 24.9 Å². The number of pyridine rings is 1. The molecule has 2 heterocycles. The van der Waals surface area contributed by atoms with E-state index in [-0.39, 0.29) is 25.0 Å². The van der Waals surface area contributed by atoms with Crippen LogP contribution in [0.25, 0.3) is 0 Å². The third-order valence-corrected chi connectivity index (χ3v) is 2.77. The van der Waals surface area contributed by atoms with Crippen LogP contribution >= 0.6 is 0 Å². The van der Waals surface area contributed by atoms with E-state index in [9.17, 15) is 14.4 Å². The molecule has 0 bridgehead atoms. The van der Waals surface area contributed by atoms with E-state index < -0.39 is 5.91 Å². The van der Waals surface area contributed by atoms with Gasteiger partial charge in [-0.2, -0.15) is 0 Å². The van der Waals surface area contributed by atoms with Gasteiger partial charge in [0.1, 0.15) is 6.54 Å². The van der Waals surface area contributed by atoms with Gasteiger partial charge >= 0.3 is 6.03 Å². The van der Waals surface area contributed by atoms with Crippen LogP contribution in [0.4, 0.5) is 4.79 Å². The summed E-state index contributed by atoms with van der Waals surface area (Å²) >= 11 is 0. The number of carbonyl (C=O) groups is 3. The van der Waals surface area contributed by atoms with Gasteiger partial charge in [-0.15, -0.1) is 0 Å². The van der Waals surface area contributed by atoms with E-state index >= 15 is 0 Å². The summed E-state index contributed by atoms with van der Waals surface area (Å²) < 4.78 is 0. The summed E-state index contributed by atoms with van der Waals surface area (Å²) in [4.78, 5) is 40.9. The van der Waals surface area contributed by atoms with E-state index in [0.29, 0.717) is 11.3 Å². The molecule has 0 unspecified atom stereocenters. The molecule has 0 spiro atoms. The van der Waals surface area contributed by atoms with Crippen molar-refractivity contribution in [1.82, 2.24) is 20.2 Å². The van der Waals surface area contributed by atoms with Crippen molar-refractivity contribution in [3.05, 3.63) is 29.6 Å². The number of imide groups is 1. The summed E-state index contributed by atoms with van der Waals surface area (Å²) in [6, 6.07) is 2.75. The van der Waals surface area contributed by atoms with Gasteiger partial charge in [0.15, 0.2) is 0 Å². The highest BCUT2D eigenvalue weighted by Gasteiger charge is 2.33. The van der Waals surface area contributed by atoms with E-state index in [1.165, 1.54) is 17.2 Å². The number of nitrogens with two attached hydrogens (primary N) is 1. The van der Waals surface area contributed by atoms with Crippen molar-refractivity contribution in [1.29, 1.82) is 0 Å². The second kappa shape index (κ2) is 5.02. The molecule has 3 N–H and O–H groups in total. The highest BCUT2D eigenvalue weighted by atomic mass is 16.2. The molecule has 0 aliphatic carbocycles. The maximum atomic E-state index is 11.7. The fraction of sp³-hybridized carbons (Fsp3) is 0.273. The minimum Gasteiger partial charge on any atom is -0.318 e. The Labute approximate surface area is 109 Å². The SMILES string of the molecule is CN1CC(=O)N(Cc2ccc(C(=O)NN)cn2)C1=O. The van der Waals surface area contributed by atoms with Crippen LogP contribution in [0.15, 0.2) is 18.3 Å². The highest BCUT2D eigenvalue weighted by Crippen LogP contribution is 2.12. The maximum absolute atomic E-state index is 11.7. The number of urea groups is 1. The Balaban J connectivity index is 2.10. The van der Waals surface area contributed by atoms with Gasteiger partial charge in [-0.05, 0) is 12.1 Å². The van der Waals surface area contributed by atoms with Gasteiger partial charge in [0.25, 0.3) is 11.8 Å². The molecule has 100 valence electrons. The van der Waals surface area contributed by atoms with Crippen molar-refractivity contribution in [2.45, 2.75) is 6.54 Å². The lowest BCUT2D eigenvalue weighted by atomic mass is 10.2. The van der Waals surface area contributed by atoms with Crippen molar-refractivity contribution >= 4 is 17.8 Å². The monoisotopic (exact) mass is 263 g/mol. The number of hydrogen-bond donors (Lipinski definition) is 2. The fourth-order valence-corrected chi connectivity index (χ4v) is 1.72. The third-order valence-electron chi connectivity index (χ3n) is 2.77. The van der Waals surface area contributed by atoms with Crippen molar-refractivity contribution in [2.24, 2.45) is 5.84 Å². The molecular formula is C11H13N5O3. The van der Waals surface area contributed by atoms with Crippen molar-refractivity contribution in [2.75, 3.05) is 13.6 Å². The molecule has 8 heteroatoms. The van der Waals surface area contributed by atoms with Crippen molar-refractivity contribution in [3.63, 3.8) is 0 Å². The number of hydrazine groups is 1. The first-order valence-corrected chi connectivity index (χ1v) is 5.54. The molecule has 0 radical (unpaired) electrons. The molecule has 1 saturated heterocycles. The van der Waals surface area contributed by atoms with Gasteiger partial charge in [-0.1, -0.05) is 0 Å². The Hall–Kier alpha value is -2.48. The number of amides is 4. The lowest BCUT2D eigenvalue weighted by molar-refractivity contribution is -0.125. The van der Waals surface area contributed by atoms with Gasteiger partial charge in [0.2, 0.25) is 0 Å². The molecular weight excluding hydrogens is 250 g/mol. The summed E-state index contributed by atoms with van der Waals surface area (Å²) in [5, 5.41) is 0. The van der Waals surface area contributed by atoms with E-state index in [2.05, 4.69) is 4.98 Å². The average Bonchev–Trinajstić information content (AvgIpc) is 2.65. The largest absolute Gasteiger partial charge is 0.327 e. The fourth-order valence-electron chi connectivity index (χ4n) is 1.72. The van der Waals surface area contributed by atoms with Crippen LogP contribution < -0.4 is 11.3 Å². The van der Waals surface area contributed by atoms with Gasteiger partial charge in [0, 0.05) is 13.2 Å². The highest BCUT2D eigenvalue weighted by molar-refractivity contribution is 6.01. The quantitative estimate of drug-likeness (QED) is 0.317. The van der Waals surface area contributed by atoms with Crippen molar-refractivity contribution in [3.8, 4) is 0 Å². The number of nitrogens with one attached hydrogen (secondary N) is 1. The van der Waals surface area contributed by atoms with Crippen LogP contribution in [0.2, 0.25) is 0 Å². The van der Waals surface area contributed by atoms with Crippen LogP contribution in [0.3, 0.4) is 0 Å². The number of hydrogen-bond acceptors (Lipinski definition) is 5. The molecule has 2 rings (SSSR count). The minimum absolute atomic E-state index is 0.0759. The number of likely N-dealkylation sites (N-methyl/N-ethyl adjacent to an activating group) is 1. The number of nitrogens with zero attached hydrogens (tertiary/aromatic N) is 3. The molecule has 0 saturated carbocycles. The number of aromatic nitrogens is 1. The number of nitrogen functional groups attached to an aromatic ring is 1. The number of rotatable bonds is 3. The summed E-state index contributed by atoms with van der Waals surface area (Å²) in [6.07, 6.45) is 1.34. The molecule has 0 aromatic carbocycles. The first-order chi connectivity index (χ1) is 9.02. The van der Waals surface area contributed by atoms with E-state index in [1.54, 1.807) is 13.1 Å². The molecule has 8 nitrogen and oxygen atoms in total. The van der Waals surface area contributed by atoms with Crippen molar-refractivity contribution < 1.29 is 14.4 Å². The molecule has 1 fully saturated rings. The normalized spacial score (nSPS) is 15.1. The molecule has 4 amide bonds. The first kappa shape index (κ1) is 13.0. The minimum atomic E-state index is -0.452. The Morgan fingerprint density at radius 3 is 2.68 bits per heavy atom. The molecule has 19 heavy (non-hydrogen) atoms. The summed E-state index contributed by atoms with van der Waals surface area (Å²) in [7, 11) is 1.56. The zero-order valence-corrected chi connectivity index (χ0v) is 10.3. The standard InChI is InChI=1S/C11H13N5O3/c1-15-6-9(17)16(11(15)19)5-8-3-2-7(4-13-8)10(18)14-12/h2-4H,5-6,12H2,1H3,(H,14,18). The van der Waals surface area contributed by atoms with E-state index in [1.807, 2.05) is 5.43 Å². The Bertz CT molecular complexity index is 528. The first-order valence-electron chi connectivity index (χ1n) is 5.54. The summed E-state index contributed by atoms with van der Waals surface area (Å²) in [6.45, 7) is 0.166. The third kappa shape index (κ3) is 2.52. The van der Waals surface area contributed by atoms with Crippen LogP contribution in [-0.4, -0.2) is 46.2 Å². The van der Waals surface area contributed by atoms with Gasteiger partial charge in [0.05, 0.1) is 17.8 Å². The second-order valence-electron chi connectivity index (χ2n) is 4.13. The van der Waals surface area contributed by atoms with Crippen LogP contribution in [0.1, 0.15) is 16.1 Å². The Kier molecular flexibility index (Phi) is 3.43. The Morgan fingerprint density at radius 2 is 2.21 bits per heavy atom. The lowest BCUT2D eigenvalue weighted by Gasteiger charge is -2.13. The maximum Gasteiger partial charge on any atom is 0.327 e. The van der Waals surface area contributed by atoms with Gasteiger partial charge < -0.3 is 4.90 Å². The topological polar surface area (TPSA) is 109 Å². The molecule has 1 aromatic heterocycles. The number of carbonyl (C=O) groups excluding carboxylic acids is 3. The van der Waals surface area contributed by atoms with Crippen LogP contribution in [0, 0.1) is 0 Å². The summed E-state index contributed by atoms with van der Waals surface area (Å²) in [5.41, 5.74) is 2.82. The zero-order valence-electron chi connectivity index (χ0n) is 10.3.